The van der Waals surface area contributed by atoms with Gasteiger partial charge in [0.1, 0.15) is 17.8 Å². The Kier molecular flexibility index (Phi) is 3.33. The SMILES string of the molecule is COc1c(OC)c2c3c(nccc3c1OC)[C@@]13CC(=O)[C@@H](OC)[C@@H](C=C21)O3. The molecule has 3 atom stereocenters. The number of Topliss-reactive ketones (excluding diaryl/α,β-unsaturated/α-hetero) is 1. The number of aromatic nitrogens is 1. The monoisotopic (exact) mass is 369 g/mol. The second-order valence-corrected chi connectivity index (χ2v) is 6.85. The van der Waals surface area contributed by atoms with Gasteiger partial charge in [0.15, 0.2) is 17.3 Å². The molecule has 3 aliphatic rings. The number of hydrogen-bond donors (Lipinski definition) is 0. The number of rotatable bonds is 4. The molecule has 2 aliphatic heterocycles. The van der Waals surface area contributed by atoms with Gasteiger partial charge in [-0.05, 0) is 12.1 Å². The summed E-state index contributed by atoms with van der Waals surface area (Å²) in [7, 11) is 6.28. The van der Waals surface area contributed by atoms with Crippen molar-refractivity contribution in [3.05, 3.63) is 29.6 Å². The number of carbonyl (C=O) groups excluding carboxylic acids is 1. The first-order valence-corrected chi connectivity index (χ1v) is 8.68. The molecule has 1 spiro atoms. The van der Waals surface area contributed by atoms with Gasteiger partial charge in [0.2, 0.25) is 5.75 Å². The summed E-state index contributed by atoms with van der Waals surface area (Å²) in [6.07, 6.45) is 2.78. The highest BCUT2D eigenvalue weighted by Gasteiger charge is 2.60. The Balaban J connectivity index is 1.90. The summed E-state index contributed by atoms with van der Waals surface area (Å²) in [6, 6.07) is 1.88. The van der Waals surface area contributed by atoms with Gasteiger partial charge in [-0.1, -0.05) is 0 Å². The summed E-state index contributed by atoms with van der Waals surface area (Å²) in [6.45, 7) is 0. The van der Waals surface area contributed by atoms with Crippen molar-refractivity contribution in [2.75, 3.05) is 28.4 Å². The van der Waals surface area contributed by atoms with Crippen LogP contribution in [0.15, 0.2) is 18.3 Å². The molecule has 0 amide bonds. The Morgan fingerprint density at radius 2 is 1.85 bits per heavy atom. The third-order valence-electron chi connectivity index (χ3n) is 5.75. The molecule has 27 heavy (non-hydrogen) atoms. The molecular weight excluding hydrogens is 350 g/mol. The number of nitrogens with zero attached hydrogens (tertiary/aromatic N) is 1. The van der Waals surface area contributed by atoms with Crippen molar-refractivity contribution in [2.45, 2.75) is 24.2 Å². The van der Waals surface area contributed by atoms with Crippen molar-refractivity contribution in [3.63, 3.8) is 0 Å². The lowest BCUT2D eigenvalue weighted by molar-refractivity contribution is -0.162. The predicted octanol–water partition coefficient (Wildman–Crippen LogP) is 2.24. The average molecular weight is 369 g/mol. The summed E-state index contributed by atoms with van der Waals surface area (Å²) in [5.74, 6) is 1.64. The van der Waals surface area contributed by atoms with Crippen LogP contribution in [0, 0.1) is 0 Å². The number of pyridine rings is 1. The van der Waals surface area contributed by atoms with Crippen LogP contribution in [-0.4, -0.2) is 51.4 Å². The number of fused-ring (bicyclic) bond motifs is 2. The molecular formula is C20H19NO6. The van der Waals surface area contributed by atoms with E-state index in [2.05, 4.69) is 4.98 Å². The van der Waals surface area contributed by atoms with Crippen molar-refractivity contribution in [3.8, 4) is 17.2 Å². The standard InChI is InChI=1S/C20H19NO6/c1-23-15-9-5-6-21-19-13(9)14(17(25-3)18(15)26-4)10-7-12-16(24-2)11(22)8-20(10,19)27-12/h5-7,12,16H,8H2,1-4H3/t12-,16-,20-/m1/s1. The Morgan fingerprint density at radius 3 is 2.52 bits per heavy atom. The third kappa shape index (κ3) is 1.78. The van der Waals surface area contributed by atoms with E-state index in [1.807, 2.05) is 12.1 Å². The normalized spacial score (nSPS) is 27.6. The minimum atomic E-state index is -0.913. The fourth-order valence-corrected chi connectivity index (χ4v) is 4.76. The van der Waals surface area contributed by atoms with Gasteiger partial charge < -0.3 is 23.7 Å². The zero-order valence-corrected chi connectivity index (χ0v) is 15.5. The predicted molar refractivity (Wildman–Crippen MR) is 96.3 cm³/mol. The Labute approximate surface area is 155 Å². The topological polar surface area (TPSA) is 76.1 Å². The van der Waals surface area contributed by atoms with E-state index < -0.39 is 17.8 Å². The van der Waals surface area contributed by atoms with Gasteiger partial charge in [0.25, 0.3) is 0 Å². The molecule has 1 aliphatic carbocycles. The Bertz CT molecular complexity index is 1030. The summed E-state index contributed by atoms with van der Waals surface area (Å²) < 4.78 is 28.7. The molecule has 0 saturated carbocycles. The van der Waals surface area contributed by atoms with Crippen LogP contribution >= 0.6 is 0 Å². The molecule has 1 saturated heterocycles. The van der Waals surface area contributed by atoms with Gasteiger partial charge in [-0.2, -0.15) is 0 Å². The molecule has 0 N–H and O–H groups in total. The maximum absolute atomic E-state index is 12.7. The molecule has 0 unspecified atom stereocenters. The van der Waals surface area contributed by atoms with E-state index in [1.165, 1.54) is 7.11 Å². The number of hydrogen-bond acceptors (Lipinski definition) is 7. The first-order chi connectivity index (χ1) is 13.1. The number of carbonyl (C=O) groups is 1. The largest absolute Gasteiger partial charge is 0.492 e. The number of ether oxygens (including phenoxy) is 5. The van der Waals surface area contributed by atoms with Crippen LogP contribution in [0.3, 0.4) is 0 Å². The lowest BCUT2D eigenvalue weighted by Crippen LogP contribution is -2.47. The van der Waals surface area contributed by atoms with Crippen LogP contribution in [0.5, 0.6) is 17.2 Å². The quantitative estimate of drug-likeness (QED) is 0.818. The lowest BCUT2D eigenvalue weighted by atomic mass is 9.88. The van der Waals surface area contributed by atoms with E-state index in [0.29, 0.717) is 22.9 Å². The van der Waals surface area contributed by atoms with Crippen LogP contribution in [0.25, 0.3) is 16.3 Å². The van der Waals surface area contributed by atoms with Gasteiger partial charge >= 0.3 is 0 Å². The molecule has 2 aromatic rings. The van der Waals surface area contributed by atoms with E-state index >= 15 is 0 Å². The highest BCUT2D eigenvalue weighted by molar-refractivity contribution is 6.12. The first kappa shape index (κ1) is 16.5. The molecule has 1 aromatic carbocycles. The van der Waals surface area contributed by atoms with Crippen LogP contribution in [-0.2, 0) is 19.9 Å². The molecule has 3 heterocycles. The summed E-state index contributed by atoms with van der Waals surface area (Å²) >= 11 is 0. The van der Waals surface area contributed by atoms with Gasteiger partial charge in [-0.25, -0.2) is 0 Å². The smallest absolute Gasteiger partial charge is 0.204 e. The molecule has 1 aromatic heterocycles. The molecule has 0 radical (unpaired) electrons. The number of benzene rings is 1. The minimum Gasteiger partial charge on any atom is -0.492 e. The Morgan fingerprint density at radius 1 is 1.11 bits per heavy atom. The van der Waals surface area contributed by atoms with Gasteiger partial charge in [0, 0.05) is 41.6 Å². The maximum atomic E-state index is 12.7. The summed E-state index contributed by atoms with van der Waals surface area (Å²) in [5, 5.41) is 1.72. The fourth-order valence-electron chi connectivity index (χ4n) is 4.76. The number of methoxy groups -OCH3 is 4. The van der Waals surface area contributed by atoms with E-state index in [9.17, 15) is 4.79 Å². The second-order valence-electron chi connectivity index (χ2n) is 6.85. The lowest BCUT2D eigenvalue weighted by Gasteiger charge is -2.35. The summed E-state index contributed by atoms with van der Waals surface area (Å²) in [5.41, 5.74) is 1.53. The van der Waals surface area contributed by atoms with Crippen molar-refractivity contribution in [2.24, 2.45) is 0 Å². The molecule has 140 valence electrons. The average Bonchev–Trinajstić information content (AvgIpc) is 3.11. The van der Waals surface area contributed by atoms with Crippen molar-refractivity contribution < 1.29 is 28.5 Å². The van der Waals surface area contributed by atoms with Crippen molar-refractivity contribution in [1.82, 2.24) is 4.98 Å². The van der Waals surface area contributed by atoms with Crippen LogP contribution < -0.4 is 14.2 Å². The van der Waals surface area contributed by atoms with Crippen LogP contribution in [0.1, 0.15) is 17.7 Å². The molecule has 5 rings (SSSR count). The highest BCUT2D eigenvalue weighted by Crippen LogP contribution is 2.63. The third-order valence-corrected chi connectivity index (χ3v) is 5.75. The Hall–Kier alpha value is -2.64. The van der Waals surface area contributed by atoms with Crippen LogP contribution in [0.4, 0.5) is 0 Å². The van der Waals surface area contributed by atoms with Crippen molar-refractivity contribution >= 4 is 22.1 Å². The zero-order chi connectivity index (χ0) is 18.9. The van der Waals surface area contributed by atoms with Gasteiger partial charge in [0.05, 0.1) is 27.0 Å². The fraction of sp³-hybridized carbons (Fsp3) is 0.400. The molecule has 2 bridgehead atoms. The highest BCUT2D eigenvalue weighted by atomic mass is 16.6. The van der Waals surface area contributed by atoms with E-state index in [1.54, 1.807) is 27.5 Å². The van der Waals surface area contributed by atoms with Crippen LogP contribution in [0.2, 0.25) is 0 Å². The van der Waals surface area contributed by atoms with Gasteiger partial charge in [-0.15, -0.1) is 0 Å². The van der Waals surface area contributed by atoms with Crippen molar-refractivity contribution in [1.29, 1.82) is 0 Å². The molecule has 7 nitrogen and oxygen atoms in total. The van der Waals surface area contributed by atoms with E-state index in [0.717, 1.165) is 21.9 Å². The maximum Gasteiger partial charge on any atom is 0.204 e. The molecule has 1 fully saturated rings. The minimum absolute atomic E-state index is 0.00417. The van der Waals surface area contributed by atoms with E-state index in [-0.39, 0.29) is 12.2 Å². The molecule has 7 heteroatoms. The second kappa shape index (κ2) is 5.43. The van der Waals surface area contributed by atoms with E-state index in [4.69, 9.17) is 23.7 Å². The first-order valence-electron chi connectivity index (χ1n) is 8.68. The number of ketones is 1. The zero-order valence-electron chi connectivity index (χ0n) is 15.5. The van der Waals surface area contributed by atoms with Gasteiger partial charge in [-0.3, -0.25) is 9.78 Å². The summed E-state index contributed by atoms with van der Waals surface area (Å²) in [4.78, 5) is 17.4.